The number of hydrogen-bond donors (Lipinski definition) is 1. The standard InChI is InChI=1S/C22H24ClFN2O2S/c1-22(2,3)21-26(20(28)16-6-4-5-7-17(16)23)18(13-29-21)19(27)25-12-14-8-10-15(24)11-9-14/h4-11,18,21H,12-13H2,1-3H3,(H,25,27). The summed E-state index contributed by atoms with van der Waals surface area (Å²) >= 11 is 7.85. The summed E-state index contributed by atoms with van der Waals surface area (Å²) in [6.07, 6.45) is 0. The molecule has 3 rings (SSSR count). The zero-order valence-corrected chi connectivity index (χ0v) is 18.2. The quantitative estimate of drug-likeness (QED) is 0.757. The molecule has 2 aromatic rings. The molecule has 1 fully saturated rings. The SMILES string of the molecule is CC(C)(C)C1SCC(C(=O)NCc2ccc(F)cc2)N1C(=O)c1ccccc1Cl. The molecule has 1 saturated heterocycles. The van der Waals surface area contributed by atoms with Crippen LogP contribution in [-0.2, 0) is 11.3 Å². The van der Waals surface area contributed by atoms with Gasteiger partial charge in [-0.3, -0.25) is 9.59 Å². The Balaban J connectivity index is 1.82. The highest BCUT2D eigenvalue weighted by atomic mass is 35.5. The topological polar surface area (TPSA) is 49.4 Å². The summed E-state index contributed by atoms with van der Waals surface area (Å²) < 4.78 is 13.1. The fourth-order valence-electron chi connectivity index (χ4n) is 3.31. The lowest BCUT2D eigenvalue weighted by Gasteiger charge is -2.36. The Labute approximate surface area is 179 Å². The first kappa shape index (κ1) is 21.7. The van der Waals surface area contributed by atoms with Crippen molar-refractivity contribution < 1.29 is 14.0 Å². The molecule has 2 atom stereocenters. The van der Waals surface area contributed by atoms with Crippen molar-refractivity contribution in [3.8, 4) is 0 Å². The molecule has 7 heteroatoms. The molecule has 1 N–H and O–H groups in total. The number of benzene rings is 2. The molecule has 0 saturated carbocycles. The maximum atomic E-state index is 13.4. The van der Waals surface area contributed by atoms with Gasteiger partial charge in [0.05, 0.1) is 16.0 Å². The van der Waals surface area contributed by atoms with Gasteiger partial charge in [-0.05, 0) is 35.2 Å². The highest BCUT2D eigenvalue weighted by Gasteiger charge is 2.46. The van der Waals surface area contributed by atoms with Gasteiger partial charge in [-0.15, -0.1) is 11.8 Å². The summed E-state index contributed by atoms with van der Waals surface area (Å²) in [5.74, 6) is -0.291. The summed E-state index contributed by atoms with van der Waals surface area (Å²) in [5, 5.41) is 3.09. The van der Waals surface area contributed by atoms with E-state index in [1.54, 1.807) is 53.1 Å². The Hall–Kier alpha value is -2.05. The number of halogens is 2. The van der Waals surface area contributed by atoms with Crippen LogP contribution >= 0.6 is 23.4 Å². The second-order valence-electron chi connectivity index (χ2n) is 8.10. The third-order valence-corrected chi connectivity index (χ3v) is 6.85. The van der Waals surface area contributed by atoms with Gasteiger partial charge in [0, 0.05) is 12.3 Å². The van der Waals surface area contributed by atoms with E-state index in [1.165, 1.54) is 12.1 Å². The third-order valence-electron chi connectivity index (χ3n) is 4.76. The van der Waals surface area contributed by atoms with E-state index in [0.717, 1.165) is 5.56 Å². The second-order valence-corrected chi connectivity index (χ2v) is 9.62. The van der Waals surface area contributed by atoms with Gasteiger partial charge in [0.25, 0.3) is 5.91 Å². The van der Waals surface area contributed by atoms with Gasteiger partial charge in [-0.25, -0.2) is 4.39 Å². The summed E-state index contributed by atoms with van der Waals surface area (Å²) in [4.78, 5) is 28.0. The number of nitrogens with zero attached hydrogens (tertiary/aromatic N) is 1. The van der Waals surface area contributed by atoms with Crippen molar-refractivity contribution in [3.63, 3.8) is 0 Å². The summed E-state index contributed by atoms with van der Waals surface area (Å²) in [6.45, 7) is 6.43. The average molecular weight is 435 g/mol. The van der Waals surface area contributed by atoms with Crippen LogP contribution in [-0.4, -0.2) is 33.9 Å². The molecule has 0 aromatic heterocycles. The molecule has 154 valence electrons. The Bertz CT molecular complexity index is 898. The first-order chi connectivity index (χ1) is 13.7. The first-order valence-corrected chi connectivity index (χ1v) is 10.8. The summed E-state index contributed by atoms with van der Waals surface area (Å²) in [7, 11) is 0. The smallest absolute Gasteiger partial charge is 0.256 e. The van der Waals surface area contributed by atoms with Gasteiger partial charge >= 0.3 is 0 Å². The number of carbonyl (C=O) groups excluding carboxylic acids is 2. The molecule has 1 aliphatic rings. The number of carbonyl (C=O) groups is 2. The summed E-state index contributed by atoms with van der Waals surface area (Å²) in [5.41, 5.74) is 0.970. The van der Waals surface area contributed by atoms with Crippen LogP contribution in [0.2, 0.25) is 5.02 Å². The lowest BCUT2D eigenvalue weighted by Crippen LogP contribution is -2.52. The van der Waals surface area contributed by atoms with Crippen LogP contribution in [0.15, 0.2) is 48.5 Å². The average Bonchev–Trinajstić information content (AvgIpc) is 3.13. The van der Waals surface area contributed by atoms with Gasteiger partial charge in [0.2, 0.25) is 5.91 Å². The number of nitrogens with one attached hydrogen (secondary N) is 1. The Morgan fingerprint density at radius 3 is 2.45 bits per heavy atom. The number of hydrogen-bond acceptors (Lipinski definition) is 3. The van der Waals surface area contributed by atoms with Crippen LogP contribution in [0.3, 0.4) is 0 Å². The maximum absolute atomic E-state index is 13.4. The second kappa shape index (κ2) is 8.76. The van der Waals surface area contributed by atoms with Crippen molar-refractivity contribution in [2.75, 3.05) is 5.75 Å². The van der Waals surface area contributed by atoms with E-state index in [9.17, 15) is 14.0 Å². The van der Waals surface area contributed by atoms with Gasteiger partial charge in [0.15, 0.2) is 0 Å². The Morgan fingerprint density at radius 1 is 1.17 bits per heavy atom. The molecule has 0 spiro atoms. The van der Waals surface area contributed by atoms with E-state index in [4.69, 9.17) is 11.6 Å². The molecule has 0 bridgehead atoms. The number of amides is 2. The normalized spacial score (nSPS) is 19.3. The van der Waals surface area contributed by atoms with E-state index in [0.29, 0.717) is 16.3 Å². The molecule has 0 radical (unpaired) electrons. The predicted molar refractivity (Wildman–Crippen MR) is 115 cm³/mol. The Kier molecular flexibility index (Phi) is 6.54. The van der Waals surface area contributed by atoms with Crippen molar-refractivity contribution >= 4 is 35.2 Å². The van der Waals surface area contributed by atoms with Gasteiger partial charge < -0.3 is 10.2 Å². The summed E-state index contributed by atoms with van der Waals surface area (Å²) in [6, 6.07) is 12.3. The Morgan fingerprint density at radius 2 is 1.83 bits per heavy atom. The third kappa shape index (κ3) is 4.93. The molecule has 2 unspecified atom stereocenters. The molecule has 2 amide bonds. The first-order valence-electron chi connectivity index (χ1n) is 9.39. The van der Waals surface area contributed by atoms with Crippen molar-refractivity contribution in [2.24, 2.45) is 5.41 Å². The van der Waals surface area contributed by atoms with Crippen LogP contribution in [0.1, 0.15) is 36.7 Å². The highest BCUT2D eigenvalue weighted by Crippen LogP contribution is 2.41. The molecule has 29 heavy (non-hydrogen) atoms. The predicted octanol–water partition coefficient (Wildman–Crippen LogP) is 4.73. The van der Waals surface area contributed by atoms with Crippen molar-refractivity contribution in [1.82, 2.24) is 10.2 Å². The van der Waals surface area contributed by atoms with Crippen LogP contribution in [0.5, 0.6) is 0 Å². The lowest BCUT2D eigenvalue weighted by atomic mass is 9.94. The van der Waals surface area contributed by atoms with Crippen molar-refractivity contribution in [2.45, 2.75) is 38.7 Å². The minimum Gasteiger partial charge on any atom is -0.350 e. The minimum absolute atomic E-state index is 0.159. The van der Waals surface area contributed by atoms with Gasteiger partial charge in [0.1, 0.15) is 11.9 Å². The molecule has 0 aliphatic carbocycles. The fraction of sp³-hybridized carbons (Fsp3) is 0.364. The van der Waals surface area contributed by atoms with Crippen LogP contribution in [0.25, 0.3) is 0 Å². The van der Waals surface area contributed by atoms with Crippen molar-refractivity contribution in [3.05, 3.63) is 70.5 Å². The molecule has 2 aromatic carbocycles. The van der Waals surface area contributed by atoms with E-state index >= 15 is 0 Å². The largest absolute Gasteiger partial charge is 0.350 e. The van der Waals surface area contributed by atoms with Crippen molar-refractivity contribution in [1.29, 1.82) is 0 Å². The van der Waals surface area contributed by atoms with E-state index in [1.807, 2.05) is 0 Å². The van der Waals surface area contributed by atoms with Gasteiger partial charge in [-0.2, -0.15) is 0 Å². The number of rotatable bonds is 4. The minimum atomic E-state index is -0.603. The van der Waals surface area contributed by atoms with Crippen LogP contribution in [0.4, 0.5) is 4.39 Å². The fourth-order valence-corrected chi connectivity index (χ4v) is 5.10. The number of thioether (sulfide) groups is 1. The van der Waals surface area contributed by atoms with E-state index in [-0.39, 0.29) is 35.0 Å². The molecule has 1 aliphatic heterocycles. The monoisotopic (exact) mass is 434 g/mol. The lowest BCUT2D eigenvalue weighted by molar-refractivity contribution is -0.125. The van der Waals surface area contributed by atoms with E-state index in [2.05, 4.69) is 26.1 Å². The molecular weight excluding hydrogens is 411 g/mol. The zero-order valence-electron chi connectivity index (χ0n) is 16.6. The zero-order chi connectivity index (χ0) is 21.2. The molecular formula is C22H24ClFN2O2S. The maximum Gasteiger partial charge on any atom is 0.256 e. The van der Waals surface area contributed by atoms with Crippen LogP contribution < -0.4 is 5.32 Å². The molecule has 1 heterocycles. The van der Waals surface area contributed by atoms with Crippen LogP contribution in [0, 0.1) is 11.2 Å². The highest BCUT2D eigenvalue weighted by molar-refractivity contribution is 8.00. The van der Waals surface area contributed by atoms with Gasteiger partial charge in [-0.1, -0.05) is 56.6 Å². The molecule has 4 nitrogen and oxygen atoms in total. The van der Waals surface area contributed by atoms with E-state index < -0.39 is 6.04 Å².